The van der Waals surface area contributed by atoms with Gasteiger partial charge >= 0.3 is 0 Å². The Morgan fingerprint density at radius 2 is 1.95 bits per heavy atom. The molecule has 3 nitrogen and oxygen atoms in total. The second-order valence-electron chi connectivity index (χ2n) is 6.29. The Kier molecular flexibility index (Phi) is 5.06. The zero-order valence-electron chi connectivity index (χ0n) is 12.5. The average molecular weight is 264 g/mol. The van der Waals surface area contributed by atoms with Crippen LogP contribution in [0.2, 0.25) is 0 Å². The van der Waals surface area contributed by atoms with Crippen molar-refractivity contribution in [3.8, 4) is 0 Å². The van der Waals surface area contributed by atoms with E-state index >= 15 is 0 Å². The van der Waals surface area contributed by atoms with Crippen molar-refractivity contribution in [3.63, 3.8) is 0 Å². The normalized spacial score (nSPS) is 19.6. The molecule has 2 rings (SSSR count). The van der Waals surface area contributed by atoms with Crippen molar-refractivity contribution in [1.82, 2.24) is 4.90 Å². The highest BCUT2D eigenvalue weighted by atomic mass is 16.3. The van der Waals surface area contributed by atoms with E-state index in [4.69, 9.17) is 10.2 Å². The van der Waals surface area contributed by atoms with Gasteiger partial charge in [-0.25, -0.2) is 0 Å². The lowest BCUT2D eigenvalue weighted by molar-refractivity contribution is 0.152. The molecule has 0 atom stereocenters. The SMILES string of the molecule is Cc1occc1CN(C)CC1(CN)CCCCCC1. The van der Waals surface area contributed by atoms with Gasteiger partial charge in [-0.05, 0) is 44.8 Å². The first-order valence-corrected chi connectivity index (χ1v) is 7.57. The van der Waals surface area contributed by atoms with E-state index < -0.39 is 0 Å². The molecule has 1 aliphatic carbocycles. The summed E-state index contributed by atoms with van der Waals surface area (Å²) < 4.78 is 5.38. The highest BCUT2D eigenvalue weighted by Gasteiger charge is 2.30. The molecule has 1 aromatic rings. The van der Waals surface area contributed by atoms with Crippen LogP contribution in [0.5, 0.6) is 0 Å². The summed E-state index contributed by atoms with van der Waals surface area (Å²) in [4.78, 5) is 2.41. The minimum atomic E-state index is 0.336. The summed E-state index contributed by atoms with van der Waals surface area (Å²) in [6.07, 6.45) is 9.81. The Morgan fingerprint density at radius 3 is 2.47 bits per heavy atom. The van der Waals surface area contributed by atoms with Gasteiger partial charge in [0, 0.05) is 18.7 Å². The van der Waals surface area contributed by atoms with E-state index in [1.54, 1.807) is 6.26 Å². The largest absolute Gasteiger partial charge is 0.469 e. The fourth-order valence-corrected chi connectivity index (χ4v) is 3.40. The molecule has 108 valence electrons. The van der Waals surface area contributed by atoms with Gasteiger partial charge in [0.05, 0.1) is 6.26 Å². The van der Waals surface area contributed by atoms with E-state index in [2.05, 4.69) is 18.0 Å². The number of furan rings is 1. The van der Waals surface area contributed by atoms with Crippen molar-refractivity contribution < 1.29 is 4.42 Å². The van der Waals surface area contributed by atoms with Crippen LogP contribution in [0.25, 0.3) is 0 Å². The summed E-state index contributed by atoms with van der Waals surface area (Å²) in [6, 6.07) is 2.08. The lowest BCUT2D eigenvalue weighted by atomic mass is 9.80. The maximum absolute atomic E-state index is 6.11. The van der Waals surface area contributed by atoms with E-state index in [9.17, 15) is 0 Å². The average Bonchev–Trinajstić information content (AvgIpc) is 2.66. The molecule has 0 unspecified atom stereocenters. The lowest BCUT2D eigenvalue weighted by Gasteiger charge is -2.35. The number of hydrogen-bond acceptors (Lipinski definition) is 3. The van der Waals surface area contributed by atoms with Crippen LogP contribution in [0.15, 0.2) is 16.7 Å². The topological polar surface area (TPSA) is 42.4 Å². The molecular weight excluding hydrogens is 236 g/mol. The number of nitrogens with zero attached hydrogens (tertiary/aromatic N) is 1. The molecule has 1 saturated carbocycles. The summed E-state index contributed by atoms with van der Waals surface area (Å²) in [5.41, 5.74) is 7.74. The van der Waals surface area contributed by atoms with Gasteiger partial charge in [0.15, 0.2) is 0 Å². The van der Waals surface area contributed by atoms with Crippen LogP contribution in [-0.2, 0) is 6.54 Å². The smallest absolute Gasteiger partial charge is 0.105 e. The highest BCUT2D eigenvalue weighted by molar-refractivity contribution is 5.15. The van der Waals surface area contributed by atoms with Gasteiger partial charge in [-0.3, -0.25) is 0 Å². The van der Waals surface area contributed by atoms with E-state index in [-0.39, 0.29) is 0 Å². The van der Waals surface area contributed by atoms with E-state index in [1.807, 2.05) is 6.92 Å². The monoisotopic (exact) mass is 264 g/mol. The molecule has 0 radical (unpaired) electrons. The van der Waals surface area contributed by atoms with Crippen molar-refractivity contribution in [2.75, 3.05) is 20.1 Å². The second kappa shape index (κ2) is 6.58. The lowest BCUT2D eigenvalue weighted by Crippen LogP contribution is -2.40. The third kappa shape index (κ3) is 3.83. The van der Waals surface area contributed by atoms with E-state index in [0.29, 0.717) is 5.41 Å². The standard InChI is InChI=1S/C16H28N2O/c1-14-15(7-10-19-14)11-18(2)13-16(12-17)8-5-3-4-6-9-16/h7,10H,3-6,8-9,11-13,17H2,1-2H3. The van der Waals surface area contributed by atoms with Crippen LogP contribution in [-0.4, -0.2) is 25.0 Å². The van der Waals surface area contributed by atoms with Crippen molar-refractivity contribution >= 4 is 0 Å². The van der Waals surface area contributed by atoms with E-state index in [0.717, 1.165) is 25.4 Å². The fourth-order valence-electron chi connectivity index (χ4n) is 3.40. The molecule has 1 fully saturated rings. The van der Waals surface area contributed by atoms with Crippen LogP contribution in [0.1, 0.15) is 49.8 Å². The molecule has 2 N–H and O–H groups in total. The van der Waals surface area contributed by atoms with Gasteiger partial charge in [-0.1, -0.05) is 25.7 Å². The minimum Gasteiger partial charge on any atom is -0.469 e. The second-order valence-corrected chi connectivity index (χ2v) is 6.29. The summed E-state index contributed by atoms with van der Waals surface area (Å²) in [5.74, 6) is 1.04. The molecule has 1 aromatic heterocycles. The molecule has 0 amide bonds. The predicted octanol–water partition coefficient (Wildman–Crippen LogP) is 3.32. The zero-order chi connectivity index (χ0) is 13.7. The summed E-state index contributed by atoms with van der Waals surface area (Å²) in [6.45, 7) is 4.92. The summed E-state index contributed by atoms with van der Waals surface area (Å²) in [5, 5.41) is 0. The minimum absolute atomic E-state index is 0.336. The maximum Gasteiger partial charge on any atom is 0.105 e. The molecule has 1 heterocycles. The fraction of sp³-hybridized carbons (Fsp3) is 0.750. The third-order valence-corrected chi connectivity index (χ3v) is 4.61. The zero-order valence-corrected chi connectivity index (χ0v) is 12.5. The van der Waals surface area contributed by atoms with Gasteiger partial charge in [-0.2, -0.15) is 0 Å². The van der Waals surface area contributed by atoms with Crippen molar-refractivity contribution in [2.45, 2.75) is 52.0 Å². The molecule has 0 aliphatic heterocycles. The first-order chi connectivity index (χ1) is 9.15. The number of hydrogen-bond donors (Lipinski definition) is 1. The third-order valence-electron chi connectivity index (χ3n) is 4.61. The summed E-state index contributed by atoms with van der Waals surface area (Å²) >= 11 is 0. The van der Waals surface area contributed by atoms with Gasteiger partial charge in [-0.15, -0.1) is 0 Å². The maximum atomic E-state index is 6.11. The molecule has 1 aliphatic rings. The Balaban J connectivity index is 1.95. The van der Waals surface area contributed by atoms with Gasteiger partial charge in [0.1, 0.15) is 5.76 Å². The van der Waals surface area contributed by atoms with Crippen LogP contribution < -0.4 is 5.73 Å². The molecular formula is C16H28N2O. The predicted molar refractivity (Wildman–Crippen MR) is 79.0 cm³/mol. The molecule has 19 heavy (non-hydrogen) atoms. The van der Waals surface area contributed by atoms with Crippen molar-refractivity contribution in [3.05, 3.63) is 23.7 Å². The van der Waals surface area contributed by atoms with Crippen LogP contribution >= 0.6 is 0 Å². The Morgan fingerprint density at radius 1 is 1.26 bits per heavy atom. The molecule has 0 bridgehead atoms. The van der Waals surface area contributed by atoms with Crippen LogP contribution in [0.3, 0.4) is 0 Å². The van der Waals surface area contributed by atoms with Gasteiger partial charge in [0.25, 0.3) is 0 Å². The number of rotatable bonds is 5. The molecule has 0 spiro atoms. The van der Waals surface area contributed by atoms with Crippen LogP contribution in [0.4, 0.5) is 0 Å². The first-order valence-electron chi connectivity index (χ1n) is 7.57. The Bertz CT molecular complexity index is 378. The highest BCUT2D eigenvalue weighted by Crippen LogP contribution is 2.35. The quantitative estimate of drug-likeness (QED) is 0.830. The van der Waals surface area contributed by atoms with E-state index in [1.165, 1.54) is 44.1 Å². The summed E-state index contributed by atoms with van der Waals surface area (Å²) in [7, 11) is 2.20. The van der Waals surface area contributed by atoms with Crippen LogP contribution in [0, 0.1) is 12.3 Å². The Hall–Kier alpha value is -0.800. The number of nitrogens with two attached hydrogens (primary N) is 1. The first kappa shape index (κ1) is 14.6. The molecule has 3 heteroatoms. The number of aryl methyl sites for hydroxylation is 1. The van der Waals surface area contributed by atoms with Gasteiger partial charge in [0.2, 0.25) is 0 Å². The van der Waals surface area contributed by atoms with Gasteiger partial charge < -0.3 is 15.1 Å². The molecule has 0 saturated heterocycles. The van der Waals surface area contributed by atoms with Crippen molar-refractivity contribution in [1.29, 1.82) is 0 Å². The Labute approximate surface area is 117 Å². The van der Waals surface area contributed by atoms with Crippen molar-refractivity contribution in [2.24, 2.45) is 11.1 Å². The molecule has 0 aromatic carbocycles.